The summed E-state index contributed by atoms with van der Waals surface area (Å²) in [6, 6.07) is 8.10. The third-order valence-corrected chi connectivity index (χ3v) is 3.33. The maximum Gasteiger partial charge on any atom is 0.188 e. The Labute approximate surface area is 145 Å². The Kier molecular flexibility index (Phi) is 9.41. The Balaban J connectivity index is 0.00000400. The van der Waals surface area contributed by atoms with Crippen LogP contribution in [0.5, 0.6) is 5.75 Å². The fourth-order valence-electron chi connectivity index (χ4n) is 1.87. The highest BCUT2D eigenvalue weighted by Crippen LogP contribution is 2.26. The molecule has 0 aliphatic carbocycles. The Morgan fingerprint density at radius 1 is 1.38 bits per heavy atom. The first kappa shape index (κ1) is 20.0. The second-order valence-electron chi connectivity index (χ2n) is 5.60. The molecule has 0 aliphatic heterocycles. The van der Waals surface area contributed by atoms with Crippen LogP contribution in [0, 0.1) is 0 Å². The molecule has 0 fully saturated rings. The molecule has 0 atom stereocenters. The SMILES string of the molecule is CCCCNC(N)=NCC(C)(C)c1cccc(OC)c1.I. The number of hydrogen-bond acceptors (Lipinski definition) is 2. The summed E-state index contributed by atoms with van der Waals surface area (Å²) in [6.07, 6.45) is 2.26. The summed E-state index contributed by atoms with van der Waals surface area (Å²) in [5.41, 5.74) is 6.99. The molecule has 4 nitrogen and oxygen atoms in total. The predicted molar refractivity (Wildman–Crippen MR) is 101 cm³/mol. The third-order valence-electron chi connectivity index (χ3n) is 3.33. The number of halogens is 1. The number of nitrogens with two attached hydrogens (primary N) is 1. The molecule has 0 heterocycles. The highest BCUT2D eigenvalue weighted by molar-refractivity contribution is 14.0. The van der Waals surface area contributed by atoms with E-state index in [9.17, 15) is 0 Å². The Morgan fingerprint density at radius 3 is 2.71 bits per heavy atom. The molecule has 0 saturated heterocycles. The minimum atomic E-state index is -0.0778. The van der Waals surface area contributed by atoms with Gasteiger partial charge in [-0.2, -0.15) is 0 Å². The quantitative estimate of drug-likeness (QED) is 0.317. The van der Waals surface area contributed by atoms with Crippen LogP contribution >= 0.6 is 24.0 Å². The summed E-state index contributed by atoms with van der Waals surface area (Å²) in [6.45, 7) is 7.99. The zero-order valence-electron chi connectivity index (χ0n) is 13.5. The largest absolute Gasteiger partial charge is 0.497 e. The van der Waals surface area contributed by atoms with Gasteiger partial charge < -0.3 is 15.8 Å². The summed E-state index contributed by atoms with van der Waals surface area (Å²) in [5, 5.41) is 3.13. The van der Waals surface area contributed by atoms with Crippen molar-refractivity contribution in [2.24, 2.45) is 10.7 Å². The van der Waals surface area contributed by atoms with E-state index >= 15 is 0 Å². The van der Waals surface area contributed by atoms with Crippen LogP contribution in [0.25, 0.3) is 0 Å². The van der Waals surface area contributed by atoms with Crippen LogP contribution in [0.1, 0.15) is 39.2 Å². The maximum atomic E-state index is 5.87. The second kappa shape index (κ2) is 9.87. The number of unbranched alkanes of at least 4 members (excludes halogenated alkanes) is 1. The van der Waals surface area contributed by atoms with Gasteiger partial charge in [0.25, 0.3) is 0 Å². The van der Waals surface area contributed by atoms with Gasteiger partial charge in [-0.3, -0.25) is 4.99 Å². The zero-order chi connectivity index (χ0) is 15.0. The van der Waals surface area contributed by atoms with Gasteiger partial charge in [0.1, 0.15) is 5.75 Å². The van der Waals surface area contributed by atoms with Gasteiger partial charge in [0.15, 0.2) is 5.96 Å². The second-order valence-corrected chi connectivity index (χ2v) is 5.60. The van der Waals surface area contributed by atoms with Crippen LogP contribution in [0.3, 0.4) is 0 Å². The lowest BCUT2D eigenvalue weighted by molar-refractivity contribution is 0.412. The number of nitrogens with one attached hydrogen (secondary N) is 1. The van der Waals surface area contributed by atoms with E-state index in [2.05, 4.69) is 43.2 Å². The van der Waals surface area contributed by atoms with Crippen LogP contribution in [0.4, 0.5) is 0 Å². The first-order valence-electron chi connectivity index (χ1n) is 7.18. The first-order chi connectivity index (χ1) is 9.49. The Morgan fingerprint density at radius 2 is 2.10 bits per heavy atom. The Bertz CT molecular complexity index is 447. The number of hydrogen-bond donors (Lipinski definition) is 2. The van der Waals surface area contributed by atoms with Crippen molar-refractivity contribution < 1.29 is 4.74 Å². The molecular formula is C16H28IN3O. The minimum absolute atomic E-state index is 0. The normalized spacial score (nSPS) is 11.7. The standard InChI is InChI=1S/C16H27N3O.HI/c1-5-6-10-18-15(17)19-12-16(2,3)13-8-7-9-14(11-13)20-4;/h7-9,11H,5-6,10,12H2,1-4H3,(H3,17,18,19);1H. The molecule has 5 heteroatoms. The van der Waals surface area contributed by atoms with Crippen molar-refractivity contribution in [3.8, 4) is 5.75 Å². The molecule has 3 N–H and O–H groups in total. The number of benzene rings is 1. The number of aliphatic imine (C=N–C) groups is 1. The van der Waals surface area contributed by atoms with Crippen molar-refractivity contribution in [1.29, 1.82) is 0 Å². The van der Waals surface area contributed by atoms with E-state index in [0.29, 0.717) is 12.5 Å². The van der Waals surface area contributed by atoms with Gasteiger partial charge >= 0.3 is 0 Å². The molecule has 0 spiro atoms. The first-order valence-corrected chi connectivity index (χ1v) is 7.18. The number of methoxy groups -OCH3 is 1. The predicted octanol–water partition coefficient (Wildman–Crippen LogP) is 3.30. The van der Waals surface area contributed by atoms with Gasteiger partial charge in [0, 0.05) is 12.0 Å². The molecule has 0 saturated carbocycles. The number of guanidine groups is 1. The molecule has 1 aromatic rings. The fraction of sp³-hybridized carbons (Fsp3) is 0.562. The van der Waals surface area contributed by atoms with Gasteiger partial charge in [0.2, 0.25) is 0 Å². The van der Waals surface area contributed by atoms with E-state index in [-0.39, 0.29) is 29.4 Å². The highest BCUT2D eigenvalue weighted by Gasteiger charge is 2.20. The molecule has 0 amide bonds. The molecule has 120 valence electrons. The topological polar surface area (TPSA) is 59.6 Å². The highest BCUT2D eigenvalue weighted by atomic mass is 127. The lowest BCUT2D eigenvalue weighted by atomic mass is 9.85. The van der Waals surface area contributed by atoms with Gasteiger partial charge in [-0.05, 0) is 24.1 Å². The molecule has 21 heavy (non-hydrogen) atoms. The smallest absolute Gasteiger partial charge is 0.188 e. The molecule has 0 aliphatic rings. The lowest BCUT2D eigenvalue weighted by Crippen LogP contribution is -2.34. The maximum absolute atomic E-state index is 5.87. The van der Waals surface area contributed by atoms with Crippen molar-refractivity contribution in [1.82, 2.24) is 5.32 Å². The summed E-state index contributed by atoms with van der Waals surface area (Å²) >= 11 is 0. The third kappa shape index (κ3) is 7.02. The summed E-state index contributed by atoms with van der Waals surface area (Å²) < 4.78 is 5.27. The molecule has 1 aromatic carbocycles. The van der Waals surface area contributed by atoms with E-state index in [1.54, 1.807) is 7.11 Å². The summed E-state index contributed by atoms with van der Waals surface area (Å²) in [4.78, 5) is 4.44. The van der Waals surface area contributed by atoms with E-state index in [1.165, 1.54) is 5.56 Å². The van der Waals surface area contributed by atoms with E-state index in [1.807, 2.05) is 12.1 Å². The van der Waals surface area contributed by atoms with Crippen molar-refractivity contribution in [3.63, 3.8) is 0 Å². The Hall–Kier alpha value is -0.980. The molecule has 1 rings (SSSR count). The average molecular weight is 405 g/mol. The van der Waals surface area contributed by atoms with E-state index in [4.69, 9.17) is 10.5 Å². The number of nitrogens with zero attached hydrogens (tertiary/aromatic N) is 1. The van der Waals surface area contributed by atoms with Crippen molar-refractivity contribution >= 4 is 29.9 Å². The number of ether oxygens (including phenoxy) is 1. The molecule has 0 aromatic heterocycles. The number of rotatable bonds is 7. The van der Waals surface area contributed by atoms with Crippen molar-refractivity contribution in [2.75, 3.05) is 20.2 Å². The van der Waals surface area contributed by atoms with Crippen LogP contribution in [0.15, 0.2) is 29.3 Å². The minimum Gasteiger partial charge on any atom is -0.497 e. The monoisotopic (exact) mass is 405 g/mol. The zero-order valence-corrected chi connectivity index (χ0v) is 15.8. The van der Waals surface area contributed by atoms with Gasteiger partial charge in [-0.25, -0.2) is 0 Å². The fourth-order valence-corrected chi connectivity index (χ4v) is 1.87. The van der Waals surface area contributed by atoms with Crippen LogP contribution < -0.4 is 15.8 Å². The van der Waals surface area contributed by atoms with E-state index < -0.39 is 0 Å². The van der Waals surface area contributed by atoms with Gasteiger partial charge in [-0.15, -0.1) is 24.0 Å². The van der Waals surface area contributed by atoms with Crippen molar-refractivity contribution in [2.45, 2.75) is 39.0 Å². The summed E-state index contributed by atoms with van der Waals surface area (Å²) in [5.74, 6) is 1.39. The van der Waals surface area contributed by atoms with Gasteiger partial charge in [-0.1, -0.05) is 39.3 Å². The summed E-state index contributed by atoms with van der Waals surface area (Å²) in [7, 11) is 1.68. The van der Waals surface area contributed by atoms with Crippen LogP contribution in [-0.4, -0.2) is 26.2 Å². The average Bonchev–Trinajstić information content (AvgIpc) is 2.45. The molecule has 0 radical (unpaired) electrons. The molecular weight excluding hydrogens is 377 g/mol. The molecule has 0 bridgehead atoms. The van der Waals surface area contributed by atoms with E-state index in [0.717, 1.165) is 25.1 Å². The molecule has 0 unspecified atom stereocenters. The van der Waals surface area contributed by atoms with Crippen molar-refractivity contribution in [3.05, 3.63) is 29.8 Å². The van der Waals surface area contributed by atoms with Gasteiger partial charge in [0.05, 0.1) is 13.7 Å². The lowest BCUT2D eigenvalue weighted by Gasteiger charge is -2.23. The van der Waals surface area contributed by atoms with Crippen LogP contribution in [-0.2, 0) is 5.41 Å². The van der Waals surface area contributed by atoms with Crippen LogP contribution in [0.2, 0.25) is 0 Å².